The van der Waals surface area contributed by atoms with E-state index in [2.05, 4.69) is 17.2 Å². The fraction of sp³-hybridized carbons (Fsp3) is 0.400. The topological polar surface area (TPSA) is 42.0 Å². The van der Waals surface area contributed by atoms with Crippen LogP contribution in [0.4, 0.5) is 5.82 Å². The molecule has 3 nitrogen and oxygen atoms in total. The summed E-state index contributed by atoms with van der Waals surface area (Å²) in [6, 6.07) is 1.98. The summed E-state index contributed by atoms with van der Waals surface area (Å²) in [6.45, 7) is 2.05. The molecule has 1 aromatic heterocycles. The molecular formula is C10H12N2O. The predicted octanol–water partition coefficient (Wildman–Crippen LogP) is 1.66. The minimum atomic E-state index is 0.0804. The van der Waals surface area contributed by atoms with E-state index in [9.17, 15) is 4.79 Å². The zero-order chi connectivity index (χ0) is 9.26. The molecule has 68 valence electrons. The lowest BCUT2D eigenvalue weighted by molar-refractivity contribution is -0.116. The number of nitrogens with one attached hydrogen (secondary N) is 1. The molecule has 0 atom stereocenters. The van der Waals surface area contributed by atoms with E-state index in [0.717, 1.165) is 18.7 Å². The van der Waals surface area contributed by atoms with Crippen molar-refractivity contribution in [3.8, 4) is 0 Å². The molecule has 0 saturated heterocycles. The van der Waals surface area contributed by atoms with Crippen molar-refractivity contribution in [3.63, 3.8) is 0 Å². The number of fused-ring (bicyclic) bond motifs is 1. The standard InChI is InChI=1S/C10H12N2O/c1-7-5-6-11-10-8(7)3-2-4-9(13)12-10/h5-6H,2-4H2,1H3,(H,11,12,13). The van der Waals surface area contributed by atoms with Crippen LogP contribution >= 0.6 is 0 Å². The number of hydrogen-bond donors (Lipinski definition) is 1. The molecule has 0 radical (unpaired) electrons. The van der Waals surface area contributed by atoms with Gasteiger partial charge in [0.1, 0.15) is 5.82 Å². The first-order valence-electron chi connectivity index (χ1n) is 4.52. The summed E-state index contributed by atoms with van der Waals surface area (Å²) < 4.78 is 0. The zero-order valence-electron chi connectivity index (χ0n) is 7.63. The maximum absolute atomic E-state index is 11.2. The highest BCUT2D eigenvalue weighted by Crippen LogP contribution is 2.22. The summed E-state index contributed by atoms with van der Waals surface area (Å²) in [5.74, 6) is 0.833. The maximum Gasteiger partial charge on any atom is 0.225 e. The smallest absolute Gasteiger partial charge is 0.225 e. The minimum absolute atomic E-state index is 0.0804. The number of anilines is 1. The highest BCUT2D eigenvalue weighted by atomic mass is 16.1. The highest BCUT2D eigenvalue weighted by molar-refractivity contribution is 5.91. The number of carbonyl (C=O) groups is 1. The molecule has 0 aromatic carbocycles. The Morgan fingerprint density at radius 2 is 2.31 bits per heavy atom. The molecule has 1 aliphatic rings. The molecule has 13 heavy (non-hydrogen) atoms. The number of pyridine rings is 1. The van der Waals surface area contributed by atoms with Gasteiger partial charge in [0.25, 0.3) is 0 Å². The summed E-state index contributed by atoms with van der Waals surface area (Å²) in [7, 11) is 0. The maximum atomic E-state index is 11.2. The van der Waals surface area contributed by atoms with E-state index in [0.29, 0.717) is 6.42 Å². The van der Waals surface area contributed by atoms with Crippen molar-refractivity contribution in [2.45, 2.75) is 26.2 Å². The van der Waals surface area contributed by atoms with Gasteiger partial charge in [-0.05, 0) is 37.0 Å². The summed E-state index contributed by atoms with van der Waals surface area (Å²) in [6.07, 6.45) is 4.22. The first-order valence-corrected chi connectivity index (χ1v) is 4.52. The van der Waals surface area contributed by atoms with Crippen LogP contribution in [0.5, 0.6) is 0 Å². The van der Waals surface area contributed by atoms with Gasteiger partial charge in [-0.1, -0.05) is 0 Å². The largest absolute Gasteiger partial charge is 0.310 e. The number of amides is 1. The molecule has 0 bridgehead atoms. The second-order valence-electron chi connectivity index (χ2n) is 3.36. The third-order valence-electron chi connectivity index (χ3n) is 2.38. The third kappa shape index (κ3) is 1.54. The van der Waals surface area contributed by atoms with E-state index >= 15 is 0 Å². The first kappa shape index (κ1) is 8.23. The van der Waals surface area contributed by atoms with Gasteiger partial charge in [0.2, 0.25) is 5.91 Å². The van der Waals surface area contributed by atoms with Crippen molar-refractivity contribution in [3.05, 3.63) is 23.4 Å². The molecule has 0 saturated carbocycles. The molecule has 2 heterocycles. The zero-order valence-corrected chi connectivity index (χ0v) is 7.63. The van der Waals surface area contributed by atoms with Crippen LogP contribution in [0.1, 0.15) is 24.0 Å². The molecule has 0 fully saturated rings. The van der Waals surface area contributed by atoms with E-state index < -0.39 is 0 Å². The molecule has 0 unspecified atom stereocenters. The lowest BCUT2D eigenvalue weighted by Crippen LogP contribution is -2.10. The van der Waals surface area contributed by atoms with Gasteiger partial charge in [0.15, 0.2) is 0 Å². The quantitative estimate of drug-likeness (QED) is 0.653. The molecule has 2 rings (SSSR count). The Bertz CT molecular complexity index is 347. The lowest BCUT2D eigenvalue weighted by atomic mass is 10.1. The minimum Gasteiger partial charge on any atom is -0.310 e. The van der Waals surface area contributed by atoms with Crippen LogP contribution < -0.4 is 5.32 Å². The number of aromatic nitrogens is 1. The van der Waals surface area contributed by atoms with E-state index in [-0.39, 0.29) is 5.91 Å². The van der Waals surface area contributed by atoms with Gasteiger partial charge in [-0.25, -0.2) is 4.98 Å². The molecule has 1 amide bonds. The fourth-order valence-corrected chi connectivity index (χ4v) is 1.63. The molecule has 3 heteroatoms. The van der Waals surface area contributed by atoms with E-state index in [1.165, 1.54) is 11.1 Å². The van der Waals surface area contributed by atoms with E-state index in [4.69, 9.17) is 0 Å². The van der Waals surface area contributed by atoms with Gasteiger partial charge in [-0.15, -0.1) is 0 Å². The van der Waals surface area contributed by atoms with Crippen molar-refractivity contribution in [2.24, 2.45) is 0 Å². The Morgan fingerprint density at radius 1 is 1.46 bits per heavy atom. The number of rotatable bonds is 0. The second kappa shape index (κ2) is 3.17. The normalized spacial score (nSPS) is 15.9. The molecule has 0 aliphatic carbocycles. The van der Waals surface area contributed by atoms with E-state index in [1.807, 2.05) is 6.07 Å². The van der Waals surface area contributed by atoms with Crippen molar-refractivity contribution < 1.29 is 4.79 Å². The van der Waals surface area contributed by atoms with Gasteiger partial charge < -0.3 is 5.32 Å². The molecule has 1 aliphatic heterocycles. The van der Waals surface area contributed by atoms with Crippen LogP contribution in [0.15, 0.2) is 12.3 Å². The van der Waals surface area contributed by atoms with Crippen LogP contribution in [0, 0.1) is 6.92 Å². The molecule has 1 N–H and O–H groups in total. The Labute approximate surface area is 77.2 Å². The number of carbonyl (C=O) groups excluding carboxylic acids is 1. The molecular weight excluding hydrogens is 164 g/mol. The van der Waals surface area contributed by atoms with Crippen LogP contribution in [-0.4, -0.2) is 10.9 Å². The Kier molecular flexibility index (Phi) is 2.00. The summed E-state index contributed by atoms with van der Waals surface area (Å²) in [4.78, 5) is 15.4. The second-order valence-corrected chi connectivity index (χ2v) is 3.36. The molecule has 0 spiro atoms. The van der Waals surface area contributed by atoms with Crippen LogP contribution in [0.3, 0.4) is 0 Å². The summed E-state index contributed by atoms with van der Waals surface area (Å²) in [5, 5.41) is 2.81. The van der Waals surface area contributed by atoms with Gasteiger partial charge in [-0.2, -0.15) is 0 Å². The van der Waals surface area contributed by atoms with Crippen molar-refractivity contribution in [2.75, 3.05) is 5.32 Å². The predicted molar refractivity (Wildman–Crippen MR) is 50.5 cm³/mol. The van der Waals surface area contributed by atoms with Crippen LogP contribution in [-0.2, 0) is 11.2 Å². The van der Waals surface area contributed by atoms with Gasteiger partial charge in [-0.3, -0.25) is 4.79 Å². The Balaban J connectivity index is 2.45. The first-order chi connectivity index (χ1) is 6.27. The van der Waals surface area contributed by atoms with Crippen molar-refractivity contribution in [1.82, 2.24) is 4.98 Å². The highest BCUT2D eigenvalue weighted by Gasteiger charge is 2.14. The number of hydrogen-bond acceptors (Lipinski definition) is 2. The summed E-state index contributed by atoms with van der Waals surface area (Å²) >= 11 is 0. The van der Waals surface area contributed by atoms with Gasteiger partial charge >= 0.3 is 0 Å². The Morgan fingerprint density at radius 3 is 3.15 bits per heavy atom. The monoisotopic (exact) mass is 176 g/mol. The van der Waals surface area contributed by atoms with Gasteiger partial charge in [0.05, 0.1) is 0 Å². The average Bonchev–Trinajstić information content (AvgIpc) is 2.27. The Hall–Kier alpha value is -1.38. The lowest BCUT2D eigenvalue weighted by Gasteiger charge is -2.06. The SMILES string of the molecule is Cc1ccnc2c1CCCC(=O)N2. The fourth-order valence-electron chi connectivity index (χ4n) is 1.63. The van der Waals surface area contributed by atoms with Gasteiger partial charge in [0, 0.05) is 12.6 Å². The van der Waals surface area contributed by atoms with Crippen LogP contribution in [0.25, 0.3) is 0 Å². The van der Waals surface area contributed by atoms with Crippen molar-refractivity contribution >= 4 is 11.7 Å². The molecule has 1 aromatic rings. The third-order valence-corrected chi connectivity index (χ3v) is 2.38. The van der Waals surface area contributed by atoms with Crippen LogP contribution in [0.2, 0.25) is 0 Å². The van der Waals surface area contributed by atoms with Crippen molar-refractivity contribution in [1.29, 1.82) is 0 Å². The summed E-state index contributed by atoms with van der Waals surface area (Å²) in [5.41, 5.74) is 2.40. The number of nitrogens with zero attached hydrogens (tertiary/aromatic N) is 1. The van der Waals surface area contributed by atoms with E-state index in [1.54, 1.807) is 6.20 Å². The number of aryl methyl sites for hydroxylation is 1. The average molecular weight is 176 g/mol.